The third kappa shape index (κ3) is 2.69. The first-order chi connectivity index (χ1) is 8.61. The Kier molecular flexibility index (Phi) is 3.96. The number of nitrogens with zero attached hydrogens (tertiary/aromatic N) is 1. The second kappa shape index (κ2) is 5.48. The number of aliphatic hydroxyl groups excluding tert-OH is 1. The van der Waals surface area contributed by atoms with Crippen molar-refractivity contribution in [3.63, 3.8) is 0 Å². The Morgan fingerprint density at radius 3 is 3.00 bits per heavy atom. The van der Waals surface area contributed by atoms with Crippen LogP contribution in [0.5, 0.6) is 0 Å². The van der Waals surface area contributed by atoms with E-state index in [4.69, 9.17) is 5.84 Å². The number of nitrogens with two attached hydrogens (primary N) is 1. The van der Waals surface area contributed by atoms with E-state index in [-0.39, 0.29) is 18.6 Å². The minimum atomic E-state index is -0.246. The van der Waals surface area contributed by atoms with Gasteiger partial charge in [-0.1, -0.05) is 6.07 Å². The van der Waals surface area contributed by atoms with Gasteiger partial charge in [0.05, 0.1) is 6.61 Å². The fourth-order valence-corrected chi connectivity index (χ4v) is 2.22. The topological polar surface area (TPSA) is 78.6 Å². The third-order valence-corrected chi connectivity index (χ3v) is 3.38. The van der Waals surface area contributed by atoms with Gasteiger partial charge in [-0.2, -0.15) is 0 Å². The molecule has 1 aliphatic heterocycles. The lowest BCUT2D eigenvalue weighted by Crippen LogP contribution is -2.43. The normalized spacial score (nSPS) is 20.1. The molecule has 0 radical (unpaired) electrons. The molecule has 1 aromatic rings. The summed E-state index contributed by atoms with van der Waals surface area (Å²) >= 11 is 0. The summed E-state index contributed by atoms with van der Waals surface area (Å²) in [5, 5.41) is 13.6. The number of carbonyl (C=O) groups excluding carboxylic acids is 1. The van der Waals surface area contributed by atoms with Gasteiger partial charge in [0, 0.05) is 12.2 Å². The number of anilines is 1. The SMILES string of the molecule is Cc1ccc(NC(=O)[C@@H]2CCCN2N)cc1CO. The predicted molar refractivity (Wildman–Crippen MR) is 69.6 cm³/mol. The molecule has 5 nitrogen and oxygen atoms in total. The van der Waals surface area contributed by atoms with Gasteiger partial charge in [0.15, 0.2) is 0 Å². The average molecular weight is 249 g/mol. The lowest BCUT2D eigenvalue weighted by atomic mass is 10.1. The molecule has 0 saturated carbocycles. The van der Waals surface area contributed by atoms with Crippen molar-refractivity contribution in [2.24, 2.45) is 5.84 Å². The summed E-state index contributed by atoms with van der Waals surface area (Å²) in [7, 11) is 0. The van der Waals surface area contributed by atoms with Crippen molar-refractivity contribution in [3.8, 4) is 0 Å². The van der Waals surface area contributed by atoms with Crippen LogP contribution in [0.25, 0.3) is 0 Å². The number of hydrogen-bond acceptors (Lipinski definition) is 4. The number of nitrogens with one attached hydrogen (secondary N) is 1. The van der Waals surface area contributed by atoms with Crippen LogP contribution >= 0.6 is 0 Å². The van der Waals surface area contributed by atoms with Crippen molar-refractivity contribution in [3.05, 3.63) is 29.3 Å². The highest BCUT2D eigenvalue weighted by atomic mass is 16.3. The van der Waals surface area contributed by atoms with Gasteiger partial charge < -0.3 is 10.4 Å². The van der Waals surface area contributed by atoms with E-state index < -0.39 is 0 Å². The zero-order valence-electron chi connectivity index (χ0n) is 10.5. The smallest absolute Gasteiger partial charge is 0.243 e. The molecule has 1 aromatic carbocycles. The summed E-state index contributed by atoms with van der Waals surface area (Å²) in [5.74, 6) is 5.67. The Bertz CT molecular complexity index is 448. The molecule has 1 aliphatic rings. The molecule has 0 bridgehead atoms. The molecule has 1 atom stereocenters. The number of hydrazine groups is 1. The Hall–Kier alpha value is -1.43. The van der Waals surface area contributed by atoms with Crippen LogP contribution < -0.4 is 11.2 Å². The average Bonchev–Trinajstić information content (AvgIpc) is 2.78. The van der Waals surface area contributed by atoms with Crippen molar-refractivity contribution in [1.82, 2.24) is 5.01 Å². The molecule has 1 amide bonds. The molecule has 0 spiro atoms. The molecule has 0 aromatic heterocycles. The number of benzene rings is 1. The molecule has 0 unspecified atom stereocenters. The lowest BCUT2D eigenvalue weighted by Gasteiger charge is -2.18. The minimum Gasteiger partial charge on any atom is -0.392 e. The molecule has 1 fully saturated rings. The maximum Gasteiger partial charge on any atom is 0.243 e. The van der Waals surface area contributed by atoms with Crippen molar-refractivity contribution in [1.29, 1.82) is 0 Å². The van der Waals surface area contributed by atoms with Crippen LogP contribution in [-0.4, -0.2) is 28.6 Å². The molecular weight excluding hydrogens is 230 g/mol. The summed E-state index contributed by atoms with van der Waals surface area (Å²) in [6, 6.07) is 5.27. The van der Waals surface area contributed by atoms with Crippen LogP contribution in [0.4, 0.5) is 5.69 Å². The van der Waals surface area contributed by atoms with Crippen LogP contribution in [0.1, 0.15) is 24.0 Å². The number of amides is 1. The van der Waals surface area contributed by atoms with E-state index in [1.165, 1.54) is 0 Å². The quantitative estimate of drug-likeness (QED) is 0.691. The fourth-order valence-electron chi connectivity index (χ4n) is 2.22. The maximum atomic E-state index is 12.0. The summed E-state index contributed by atoms with van der Waals surface area (Å²) in [6.07, 6.45) is 1.74. The van der Waals surface area contributed by atoms with E-state index in [0.717, 1.165) is 30.5 Å². The number of aryl methyl sites for hydroxylation is 1. The summed E-state index contributed by atoms with van der Waals surface area (Å²) < 4.78 is 0. The third-order valence-electron chi connectivity index (χ3n) is 3.38. The highest BCUT2D eigenvalue weighted by molar-refractivity contribution is 5.95. The van der Waals surface area contributed by atoms with Crippen LogP contribution in [0, 0.1) is 6.92 Å². The van der Waals surface area contributed by atoms with Gasteiger partial charge in [-0.25, -0.2) is 5.01 Å². The number of rotatable bonds is 3. The first-order valence-corrected chi connectivity index (χ1v) is 6.14. The summed E-state index contributed by atoms with van der Waals surface area (Å²) in [4.78, 5) is 12.0. The Morgan fingerprint density at radius 2 is 2.39 bits per heavy atom. The van der Waals surface area contributed by atoms with Crippen molar-refractivity contribution in [2.75, 3.05) is 11.9 Å². The number of carbonyl (C=O) groups is 1. The van der Waals surface area contributed by atoms with Crippen LogP contribution in [0.2, 0.25) is 0 Å². The lowest BCUT2D eigenvalue weighted by molar-refractivity contribution is -0.120. The molecule has 18 heavy (non-hydrogen) atoms. The first-order valence-electron chi connectivity index (χ1n) is 6.14. The predicted octanol–water partition coefficient (Wildman–Crippen LogP) is 0.764. The molecule has 4 N–H and O–H groups in total. The van der Waals surface area contributed by atoms with E-state index in [0.29, 0.717) is 5.69 Å². The Labute approximate surface area is 107 Å². The standard InChI is InChI=1S/C13H19N3O2/c1-9-4-5-11(7-10(9)8-17)15-13(18)12-3-2-6-16(12)14/h4-5,7,12,17H,2-3,6,8,14H2,1H3,(H,15,18)/t12-/m0/s1. The zero-order valence-corrected chi connectivity index (χ0v) is 10.5. The molecule has 5 heteroatoms. The zero-order chi connectivity index (χ0) is 13.1. The minimum absolute atomic E-state index is 0.0258. The van der Waals surface area contributed by atoms with E-state index in [2.05, 4.69) is 5.32 Å². The number of hydrogen-bond donors (Lipinski definition) is 3. The molecule has 1 saturated heterocycles. The van der Waals surface area contributed by atoms with Gasteiger partial charge in [0.25, 0.3) is 0 Å². The van der Waals surface area contributed by atoms with Crippen molar-refractivity contribution >= 4 is 11.6 Å². The van der Waals surface area contributed by atoms with Crippen LogP contribution in [0.3, 0.4) is 0 Å². The fraction of sp³-hybridized carbons (Fsp3) is 0.462. The van der Waals surface area contributed by atoms with E-state index in [9.17, 15) is 9.90 Å². The first kappa shape index (κ1) is 13.0. The van der Waals surface area contributed by atoms with E-state index in [1.54, 1.807) is 11.1 Å². The largest absolute Gasteiger partial charge is 0.392 e. The molecule has 2 rings (SSSR count). The molecular formula is C13H19N3O2. The van der Waals surface area contributed by atoms with Gasteiger partial charge >= 0.3 is 0 Å². The molecule has 0 aliphatic carbocycles. The van der Waals surface area contributed by atoms with Crippen LogP contribution in [-0.2, 0) is 11.4 Å². The second-order valence-electron chi connectivity index (χ2n) is 4.68. The second-order valence-corrected chi connectivity index (χ2v) is 4.68. The van der Waals surface area contributed by atoms with Crippen LogP contribution in [0.15, 0.2) is 18.2 Å². The van der Waals surface area contributed by atoms with Gasteiger partial charge in [-0.3, -0.25) is 10.6 Å². The van der Waals surface area contributed by atoms with Gasteiger partial charge in [-0.15, -0.1) is 0 Å². The Morgan fingerprint density at radius 1 is 1.61 bits per heavy atom. The highest BCUT2D eigenvalue weighted by Crippen LogP contribution is 2.18. The van der Waals surface area contributed by atoms with Gasteiger partial charge in [0.2, 0.25) is 5.91 Å². The highest BCUT2D eigenvalue weighted by Gasteiger charge is 2.28. The number of aliphatic hydroxyl groups is 1. The Balaban J connectivity index is 2.07. The monoisotopic (exact) mass is 249 g/mol. The maximum absolute atomic E-state index is 12.0. The molecule has 1 heterocycles. The van der Waals surface area contributed by atoms with Gasteiger partial charge in [-0.05, 0) is 43.0 Å². The van der Waals surface area contributed by atoms with Gasteiger partial charge in [0.1, 0.15) is 6.04 Å². The summed E-state index contributed by atoms with van der Waals surface area (Å²) in [6.45, 7) is 2.66. The van der Waals surface area contributed by atoms with E-state index >= 15 is 0 Å². The molecule has 98 valence electrons. The van der Waals surface area contributed by atoms with Crippen molar-refractivity contribution < 1.29 is 9.90 Å². The van der Waals surface area contributed by atoms with E-state index in [1.807, 2.05) is 19.1 Å². The van der Waals surface area contributed by atoms with Crippen molar-refractivity contribution in [2.45, 2.75) is 32.4 Å². The summed E-state index contributed by atoms with van der Waals surface area (Å²) in [5.41, 5.74) is 2.54.